The average Bonchev–Trinajstić information content (AvgIpc) is 2.49. The van der Waals surface area contributed by atoms with Gasteiger partial charge in [0.1, 0.15) is 5.82 Å². The third-order valence-corrected chi connectivity index (χ3v) is 3.39. The van der Waals surface area contributed by atoms with Crippen LogP contribution in [0.1, 0.15) is 13.8 Å². The van der Waals surface area contributed by atoms with E-state index in [9.17, 15) is 14.3 Å². The molecule has 0 spiro atoms. The van der Waals surface area contributed by atoms with Crippen LogP contribution in [0.15, 0.2) is 24.3 Å². The highest BCUT2D eigenvalue weighted by molar-refractivity contribution is 5.71. The number of halogens is 1. The van der Waals surface area contributed by atoms with E-state index in [1.54, 1.807) is 12.1 Å². The van der Waals surface area contributed by atoms with Gasteiger partial charge in [-0.2, -0.15) is 0 Å². The summed E-state index contributed by atoms with van der Waals surface area (Å²) < 4.78 is 13.0. The maximum Gasteiger partial charge on any atom is 0.309 e. The molecule has 1 saturated heterocycles. The standard InChI is InChI=1S/C14H19FN2O2/c1-14(2)9-17(8-10(7-16-14)13(18)19)12-5-3-11(15)4-6-12/h3-6,10,16H,7-9H2,1-2H3,(H,18,19). The first-order valence-electron chi connectivity index (χ1n) is 6.36. The lowest BCUT2D eigenvalue weighted by Gasteiger charge is -2.31. The number of hydrogen-bond acceptors (Lipinski definition) is 3. The summed E-state index contributed by atoms with van der Waals surface area (Å²) in [5.74, 6) is -1.56. The molecule has 1 fully saturated rings. The first-order valence-corrected chi connectivity index (χ1v) is 6.36. The fourth-order valence-corrected chi connectivity index (χ4v) is 2.34. The van der Waals surface area contributed by atoms with Crippen molar-refractivity contribution in [2.24, 2.45) is 5.92 Å². The second kappa shape index (κ2) is 5.17. The van der Waals surface area contributed by atoms with E-state index in [1.165, 1.54) is 12.1 Å². The van der Waals surface area contributed by atoms with Crippen molar-refractivity contribution >= 4 is 11.7 Å². The van der Waals surface area contributed by atoms with Gasteiger partial charge in [0.05, 0.1) is 5.92 Å². The summed E-state index contributed by atoms with van der Waals surface area (Å²) in [6.45, 7) is 5.63. The Labute approximate surface area is 112 Å². The average molecular weight is 266 g/mol. The molecule has 104 valence electrons. The summed E-state index contributed by atoms with van der Waals surface area (Å²) in [6, 6.07) is 6.18. The Balaban J connectivity index is 2.25. The van der Waals surface area contributed by atoms with Gasteiger partial charge in [0, 0.05) is 30.9 Å². The van der Waals surface area contributed by atoms with E-state index in [0.717, 1.165) is 5.69 Å². The van der Waals surface area contributed by atoms with E-state index in [1.807, 2.05) is 18.7 Å². The third-order valence-electron chi connectivity index (χ3n) is 3.39. The third kappa shape index (κ3) is 3.44. The minimum Gasteiger partial charge on any atom is -0.481 e. The fourth-order valence-electron chi connectivity index (χ4n) is 2.34. The van der Waals surface area contributed by atoms with Crippen LogP contribution >= 0.6 is 0 Å². The molecule has 1 heterocycles. The number of carbonyl (C=O) groups is 1. The van der Waals surface area contributed by atoms with Gasteiger partial charge in [-0.15, -0.1) is 0 Å². The molecule has 1 aromatic rings. The molecular formula is C14H19FN2O2. The molecule has 19 heavy (non-hydrogen) atoms. The van der Waals surface area contributed by atoms with Crippen LogP contribution in [-0.4, -0.2) is 36.2 Å². The van der Waals surface area contributed by atoms with Crippen molar-refractivity contribution in [2.75, 3.05) is 24.5 Å². The van der Waals surface area contributed by atoms with E-state index < -0.39 is 11.9 Å². The molecule has 4 nitrogen and oxygen atoms in total. The minimum absolute atomic E-state index is 0.182. The van der Waals surface area contributed by atoms with E-state index in [0.29, 0.717) is 19.6 Å². The zero-order valence-electron chi connectivity index (χ0n) is 11.2. The number of nitrogens with one attached hydrogen (secondary N) is 1. The molecule has 1 aromatic carbocycles. The summed E-state index contributed by atoms with van der Waals surface area (Å²) >= 11 is 0. The number of anilines is 1. The van der Waals surface area contributed by atoms with Gasteiger partial charge < -0.3 is 15.3 Å². The minimum atomic E-state index is -0.808. The predicted octanol–water partition coefficient (Wildman–Crippen LogP) is 1.71. The SMILES string of the molecule is CC1(C)CN(c2ccc(F)cc2)CC(C(=O)O)CN1. The largest absolute Gasteiger partial charge is 0.481 e. The van der Waals surface area contributed by atoms with Crippen molar-refractivity contribution in [3.63, 3.8) is 0 Å². The van der Waals surface area contributed by atoms with Gasteiger partial charge >= 0.3 is 5.97 Å². The zero-order chi connectivity index (χ0) is 14.0. The predicted molar refractivity (Wildman–Crippen MR) is 71.8 cm³/mol. The molecule has 0 radical (unpaired) electrons. The number of benzene rings is 1. The van der Waals surface area contributed by atoms with Crippen LogP contribution in [0.3, 0.4) is 0 Å². The topological polar surface area (TPSA) is 52.6 Å². The van der Waals surface area contributed by atoms with E-state index in [4.69, 9.17) is 0 Å². The van der Waals surface area contributed by atoms with Gasteiger partial charge in [-0.1, -0.05) is 0 Å². The van der Waals surface area contributed by atoms with Gasteiger partial charge in [-0.25, -0.2) is 4.39 Å². The molecule has 0 saturated carbocycles. The van der Waals surface area contributed by atoms with Crippen molar-refractivity contribution < 1.29 is 14.3 Å². The maximum absolute atomic E-state index is 13.0. The van der Waals surface area contributed by atoms with Crippen LogP contribution in [0.2, 0.25) is 0 Å². The second-order valence-electron chi connectivity index (χ2n) is 5.66. The van der Waals surface area contributed by atoms with Crippen molar-refractivity contribution in [2.45, 2.75) is 19.4 Å². The summed E-state index contributed by atoms with van der Waals surface area (Å²) in [6.07, 6.45) is 0. The summed E-state index contributed by atoms with van der Waals surface area (Å²) in [5.41, 5.74) is 0.669. The van der Waals surface area contributed by atoms with Crippen LogP contribution in [0.5, 0.6) is 0 Å². The van der Waals surface area contributed by atoms with Crippen molar-refractivity contribution in [3.8, 4) is 0 Å². The monoisotopic (exact) mass is 266 g/mol. The van der Waals surface area contributed by atoms with Gasteiger partial charge in [0.15, 0.2) is 0 Å². The van der Waals surface area contributed by atoms with Crippen LogP contribution in [0, 0.1) is 11.7 Å². The lowest BCUT2D eigenvalue weighted by Crippen LogP contribution is -2.46. The van der Waals surface area contributed by atoms with Gasteiger partial charge in [-0.05, 0) is 38.1 Å². The maximum atomic E-state index is 13.0. The number of hydrogen-bond donors (Lipinski definition) is 2. The molecule has 1 aliphatic rings. The lowest BCUT2D eigenvalue weighted by molar-refractivity contribution is -0.141. The summed E-state index contributed by atoms with van der Waals surface area (Å²) in [5, 5.41) is 12.5. The van der Waals surface area contributed by atoms with Crippen LogP contribution in [-0.2, 0) is 4.79 Å². The highest BCUT2D eigenvalue weighted by atomic mass is 19.1. The van der Waals surface area contributed by atoms with Crippen molar-refractivity contribution in [1.82, 2.24) is 5.32 Å². The summed E-state index contributed by atoms with van der Waals surface area (Å²) in [4.78, 5) is 13.2. The number of carboxylic acid groups (broad SMARTS) is 1. The van der Waals surface area contributed by atoms with Crippen LogP contribution < -0.4 is 10.2 Å². The molecule has 0 bridgehead atoms. The molecule has 0 aliphatic carbocycles. The zero-order valence-corrected chi connectivity index (χ0v) is 11.2. The van der Waals surface area contributed by atoms with Crippen LogP contribution in [0.25, 0.3) is 0 Å². The Hall–Kier alpha value is -1.62. The Morgan fingerprint density at radius 1 is 1.42 bits per heavy atom. The molecule has 0 aromatic heterocycles. The van der Waals surface area contributed by atoms with Gasteiger partial charge in [-0.3, -0.25) is 4.79 Å². The lowest BCUT2D eigenvalue weighted by atomic mass is 10.1. The van der Waals surface area contributed by atoms with E-state index in [2.05, 4.69) is 5.32 Å². The molecular weight excluding hydrogens is 247 g/mol. The Kier molecular flexibility index (Phi) is 3.75. The van der Waals surface area contributed by atoms with Crippen molar-refractivity contribution in [1.29, 1.82) is 0 Å². The molecule has 2 N–H and O–H groups in total. The first kappa shape index (κ1) is 13.8. The number of nitrogens with zero attached hydrogens (tertiary/aromatic N) is 1. The molecule has 1 unspecified atom stereocenters. The molecule has 0 amide bonds. The number of carboxylic acids is 1. The van der Waals surface area contributed by atoms with Gasteiger partial charge in [0.25, 0.3) is 0 Å². The second-order valence-corrected chi connectivity index (χ2v) is 5.66. The van der Waals surface area contributed by atoms with Crippen molar-refractivity contribution in [3.05, 3.63) is 30.1 Å². The number of aliphatic carboxylic acids is 1. The normalized spacial score (nSPS) is 22.9. The molecule has 2 rings (SSSR count). The van der Waals surface area contributed by atoms with E-state index >= 15 is 0 Å². The number of rotatable bonds is 2. The van der Waals surface area contributed by atoms with Crippen LogP contribution in [0.4, 0.5) is 10.1 Å². The smallest absolute Gasteiger partial charge is 0.309 e. The highest BCUT2D eigenvalue weighted by Gasteiger charge is 2.31. The summed E-state index contributed by atoms with van der Waals surface area (Å²) in [7, 11) is 0. The molecule has 1 atom stereocenters. The van der Waals surface area contributed by atoms with Gasteiger partial charge in [0.2, 0.25) is 0 Å². The Morgan fingerprint density at radius 3 is 2.63 bits per heavy atom. The fraction of sp³-hybridized carbons (Fsp3) is 0.500. The first-order chi connectivity index (χ1) is 8.87. The molecule has 1 aliphatic heterocycles. The molecule has 5 heteroatoms. The quantitative estimate of drug-likeness (QED) is 0.855. The Morgan fingerprint density at radius 2 is 2.05 bits per heavy atom. The van der Waals surface area contributed by atoms with E-state index in [-0.39, 0.29) is 11.4 Å². The Bertz CT molecular complexity index is 459. The highest BCUT2D eigenvalue weighted by Crippen LogP contribution is 2.22.